The maximum atomic E-state index is 5.53. The minimum atomic E-state index is 0.396. The fraction of sp³-hybridized carbons (Fsp3) is 0.588. The Bertz CT molecular complexity index is 475. The summed E-state index contributed by atoms with van der Waals surface area (Å²) in [6, 6.07) is 6.32. The highest BCUT2D eigenvalue weighted by Crippen LogP contribution is 2.28. The Kier molecular flexibility index (Phi) is 8.18. The van der Waals surface area contributed by atoms with Gasteiger partial charge in [-0.2, -0.15) is 0 Å². The van der Waals surface area contributed by atoms with Crippen LogP contribution in [-0.4, -0.2) is 32.3 Å². The molecular weight excluding hydrogens is 278 g/mol. The van der Waals surface area contributed by atoms with Crippen LogP contribution in [0.4, 0.5) is 0 Å². The third kappa shape index (κ3) is 5.84. The first-order valence-corrected chi connectivity index (χ1v) is 7.99. The molecule has 5 heteroatoms. The molecule has 0 amide bonds. The summed E-state index contributed by atoms with van der Waals surface area (Å²) in [6.45, 7) is 10.4. The van der Waals surface area contributed by atoms with Crippen molar-refractivity contribution in [1.29, 1.82) is 0 Å². The summed E-state index contributed by atoms with van der Waals surface area (Å²) in [4.78, 5) is 4.62. The zero-order chi connectivity index (χ0) is 16.4. The number of benzene rings is 1. The summed E-state index contributed by atoms with van der Waals surface area (Å²) in [5.41, 5.74) is 1.08. The van der Waals surface area contributed by atoms with E-state index in [9.17, 15) is 0 Å². The minimum absolute atomic E-state index is 0.396. The number of nitrogens with one attached hydrogen (secondary N) is 2. The molecule has 0 aliphatic heterocycles. The summed E-state index contributed by atoms with van der Waals surface area (Å²) in [7, 11) is 1.65. The number of rotatable bonds is 8. The van der Waals surface area contributed by atoms with E-state index in [0.29, 0.717) is 19.2 Å². The Morgan fingerprint density at radius 3 is 2.59 bits per heavy atom. The van der Waals surface area contributed by atoms with Crippen LogP contribution in [0.15, 0.2) is 23.2 Å². The van der Waals surface area contributed by atoms with Crippen molar-refractivity contribution in [2.45, 2.75) is 46.7 Å². The summed E-state index contributed by atoms with van der Waals surface area (Å²) >= 11 is 0. The van der Waals surface area contributed by atoms with Crippen molar-refractivity contribution in [3.05, 3.63) is 23.8 Å². The van der Waals surface area contributed by atoms with Crippen LogP contribution in [0.5, 0.6) is 11.5 Å². The maximum absolute atomic E-state index is 5.53. The molecule has 0 aromatic heterocycles. The van der Waals surface area contributed by atoms with E-state index in [0.717, 1.165) is 36.0 Å². The van der Waals surface area contributed by atoms with Gasteiger partial charge in [-0.25, -0.2) is 4.99 Å². The van der Waals surface area contributed by atoms with E-state index >= 15 is 0 Å². The van der Waals surface area contributed by atoms with Crippen molar-refractivity contribution in [2.24, 2.45) is 4.99 Å². The molecule has 0 aliphatic rings. The molecule has 0 bridgehead atoms. The highest BCUT2D eigenvalue weighted by Gasteiger charge is 2.06. The molecule has 0 fully saturated rings. The van der Waals surface area contributed by atoms with Gasteiger partial charge in [0.05, 0.1) is 20.3 Å². The van der Waals surface area contributed by atoms with Gasteiger partial charge in [0.2, 0.25) is 0 Å². The molecule has 1 rings (SSSR count). The van der Waals surface area contributed by atoms with Crippen LogP contribution in [0, 0.1) is 0 Å². The van der Waals surface area contributed by atoms with Crippen molar-refractivity contribution in [3.8, 4) is 11.5 Å². The van der Waals surface area contributed by atoms with Crippen molar-refractivity contribution < 1.29 is 9.47 Å². The van der Waals surface area contributed by atoms with Crippen LogP contribution in [0.1, 0.15) is 39.7 Å². The zero-order valence-electron chi connectivity index (χ0n) is 14.4. The second-order valence-electron chi connectivity index (χ2n) is 5.07. The molecule has 0 saturated heterocycles. The van der Waals surface area contributed by atoms with Crippen molar-refractivity contribution in [1.82, 2.24) is 10.6 Å². The number of nitrogens with zero attached hydrogens (tertiary/aromatic N) is 1. The first-order valence-electron chi connectivity index (χ1n) is 7.99. The van der Waals surface area contributed by atoms with Crippen LogP contribution >= 0.6 is 0 Å². The Hall–Kier alpha value is -1.91. The quantitative estimate of drug-likeness (QED) is 0.573. The third-order valence-corrected chi connectivity index (χ3v) is 3.29. The maximum Gasteiger partial charge on any atom is 0.191 e. The fourth-order valence-corrected chi connectivity index (χ4v) is 1.91. The molecule has 0 heterocycles. The van der Waals surface area contributed by atoms with Gasteiger partial charge in [0, 0.05) is 12.6 Å². The number of guanidine groups is 1. The molecule has 1 atom stereocenters. The number of aliphatic imine (C=N–C) groups is 1. The standard InChI is InChI=1S/C17H29N3O2/c1-6-13(4)20-17(18-7-2)19-12-14-9-10-15(22-8-3)16(11-14)21-5/h9-11,13H,6-8,12H2,1-5H3,(H2,18,19,20). The van der Waals surface area contributed by atoms with E-state index in [4.69, 9.17) is 9.47 Å². The van der Waals surface area contributed by atoms with Gasteiger partial charge in [-0.15, -0.1) is 0 Å². The van der Waals surface area contributed by atoms with Crippen LogP contribution < -0.4 is 20.1 Å². The number of ether oxygens (including phenoxy) is 2. The molecule has 0 aliphatic carbocycles. The largest absolute Gasteiger partial charge is 0.493 e. The minimum Gasteiger partial charge on any atom is -0.493 e. The Morgan fingerprint density at radius 1 is 1.23 bits per heavy atom. The van der Waals surface area contributed by atoms with Gasteiger partial charge in [0.25, 0.3) is 0 Å². The van der Waals surface area contributed by atoms with E-state index in [1.807, 2.05) is 25.1 Å². The lowest BCUT2D eigenvalue weighted by atomic mass is 10.2. The van der Waals surface area contributed by atoms with Gasteiger partial charge in [0.15, 0.2) is 17.5 Å². The van der Waals surface area contributed by atoms with Gasteiger partial charge >= 0.3 is 0 Å². The Morgan fingerprint density at radius 2 is 2.00 bits per heavy atom. The first kappa shape index (κ1) is 18.1. The summed E-state index contributed by atoms with van der Waals surface area (Å²) in [6.07, 6.45) is 1.06. The smallest absolute Gasteiger partial charge is 0.191 e. The lowest BCUT2D eigenvalue weighted by Gasteiger charge is -2.16. The Balaban J connectivity index is 2.80. The molecule has 0 spiro atoms. The second-order valence-corrected chi connectivity index (χ2v) is 5.07. The lowest BCUT2D eigenvalue weighted by molar-refractivity contribution is 0.310. The lowest BCUT2D eigenvalue weighted by Crippen LogP contribution is -2.41. The van der Waals surface area contributed by atoms with Crippen LogP contribution in [0.25, 0.3) is 0 Å². The fourth-order valence-electron chi connectivity index (χ4n) is 1.91. The van der Waals surface area contributed by atoms with E-state index in [2.05, 4.69) is 36.4 Å². The summed E-state index contributed by atoms with van der Waals surface area (Å²) < 4.78 is 10.9. The first-order chi connectivity index (χ1) is 10.6. The van der Waals surface area contributed by atoms with E-state index in [1.54, 1.807) is 7.11 Å². The highest BCUT2D eigenvalue weighted by atomic mass is 16.5. The topological polar surface area (TPSA) is 54.9 Å². The predicted molar refractivity (Wildman–Crippen MR) is 91.9 cm³/mol. The van der Waals surface area contributed by atoms with E-state index in [1.165, 1.54) is 0 Å². The summed E-state index contributed by atoms with van der Waals surface area (Å²) in [5, 5.41) is 6.64. The average molecular weight is 307 g/mol. The molecule has 2 N–H and O–H groups in total. The monoisotopic (exact) mass is 307 g/mol. The molecule has 124 valence electrons. The van der Waals surface area contributed by atoms with Gasteiger partial charge in [-0.05, 0) is 44.9 Å². The van der Waals surface area contributed by atoms with Crippen LogP contribution in [0.2, 0.25) is 0 Å². The second kappa shape index (κ2) is 9.92. The number of methoxy groups -OCH3 is 1. The molecule has 0 saturated carbocycles. The van der Waals surface area contributed by atoms with Crippen molar-refractivity contribution in [2.75, 3.05) is 20.3 Å². The molecule has 1 unspecified atom stereocenters. The zero-order valence-corrected chi connectivity index (χ0v) is 14.4. The molecule has 0 radical (unpaired) electrons. The molecule has 1 aromatic rings. The van der Waals surface area contributed by atoms with Crippen molar-refractivity contribution in [3.63, 3.8) is 0 Å². The number of hydrogen-bond donors (Lipinski definition) is 2. The number of hydrogen-bond acceptors (Lipinski definition) is 3. The average Bonchev–Trinajstić information content (AvgIpc) is 2.53. The predicted octanol–water partition coefficient (Wildman–Crippen LogP) is 2.95. The summed E-state index contributed by atoms with van der Waals surface area (Å²) in [5.74, 6) is 2.35. The molecule has 1 aromatic carbocycles. The third-order valence-electron chi connectivity index (χ3n) is 3.29. The van der Waals surface area contributed by atoms with E-state index in [-0.39, 0.29) is 0 Å². The normalized spacial score (nSPS) is 12.7. The van der Waals surface area contributed by atoms with Crippen LogP contribution in [-0.2, 0) is 6.54 Å². The molecule has 22 heavy (non-hydrogen) atoms. The van der Waals surface area contributed by atoms with Gasteiger partial charge in [-0.3, -0.25) is 0 Å². The Labute approximate surface area is 134 Å². The van der Waals surface area contributed by atoms with Gasteiger partial charge in [0.1, 0.15) is 0 Å². The highest BCUT2D eigenvalue weighted by molar-refractivity contribution is 5.80. The van der Waals surface area contributed by atoms with Crippen molar-refractivity contribution >= 4 is 5.96 Å². The van der Waals surface area contributed by atoms with Gasteiger partial charge < -0.3 is 20.1 Å². The van der Waals surface area contributed by atoms with E-state index < -0.39 is 0 Å². The van der Waals surface area contributed by atoms with Gasteiger partial charge in [-0.1, -0.05) is 13.0 Å². The SMILES string of the molecule is CCNC(=NCc1ccc(OCC)c(OC)c1)NC(C)CC. The molecule has 5 nitrogen and oxygen atoms in total. The van der Waals surface area contributed by atoms with Crippen LogP contribution in [0.3, 0.4) is 0 Å². The molecular formula is C17H29N3O2.